The summed E-state index contributed by atoms with van der Waals surface area (Å²) < 4.78 is 0. The molecule has 1 nitrogen and oxygen atoms in total. The maximum Gasteiger partial charge on any atom is 0.0579 e. The molecule has 0 spiro atoms. The van der Waals surface area contributed by atoms with E-state index in [4.69, 9.17) is 0 Å². The van der Waals surface area contributed by atoms with Gasteiger partial charge >= 0.3 is 0 Å². The molecule has 1 saturated carbocycles. The van der Waals surface area contributed by atoms with Crippen molar-refractivity contribution in [3.63, 3.8) is 0 Å². The molecule has 1 aromatic rings. The SMILES string of the molecule is Cc1ccc(C(C)(C)C2CCC(C)CC2O)cc1C. The molecule has 1 aliphatic carbocycles. The van der Waals surface area contributed by atoms with E-state index in [0.717, 1.165) is 12.8 Å². The van der Waals surface area contributed by atoms with Crippen LogP contribution in [0.5, 0.6) is 0 Å². The van der Waals surface area contributed by atoms with Gasteiger partial charge in [-0.25, -0.2) is 0 Å². The summed E-state index contributed by atoms with van der Waals surface area (Å²) in [4.78, 5) is 0. The zero-order chi connectivity index (χ0) is 14.2. The normalized spacial score (nSPS) is 28.4. The van der Waals surface area contributed by atoms with Crippen molar-refractivity contribution >= 4 is 0 Å². The number of hydrogen-bond donors (Lipinski definition) is 1. The van der Waals surface area contributed by atoms with E-state index in [0.29, 0.717) is 11.8 Å². The van der Waals surface area contributed by atoms with E-state index in [1.54, 1.807) is 0 Å². The molecule has 1 N–H and O–H groups in total. The molecule has 1 heteroatoms. The summed E-state index contributed by atoms with van der Waals surface area (Å²) in [5.74, 6) is 1.05. The Labute approximate surface area is 118 Å². The largest absolute Gasteiger partial charge is 0.393 e. The molecule has 0 aromatic heterocycles. The minimum atomic E-state index is -0.152. The Morgan fingerprint density at radius 3 is 2.37 bits per heavy atom. The van der Waals surface area contributed by atoms with E-state index in [1.165, 1.54) is 23.1 Å². The lowest BCUT2D eigenvalue weighted by Crippen LogP contribution is -2.41. The number of benzene rings is 1. The summed E-state index contributed by atoms with van der Waals surface area (Å²) in [6, 6.07) is 6.76. The van der Waals surface area contributed by atoms with Gasteiger partial charge in [-0.15, -0.1) is 0 Å². The lowest BCUT2D eigenvalue weighted by Gasteiger charge is -2.42. The van der Waals surface area contributed by atoms with Gasteiger partial charge in [0.15, 0.2) is 0 Å². The molecule has 19 heavy (non-hydrogen) atoms. The third kappa shape index (κ3) is 2.86. The molecule has 2 rings (SSSR count). The molecule has 3 unspecified atom stereocenters. The molecule has 0 aliphatic heterocycles. The van der Waals surface area contributed by atoms with Gasteiger partial charge in [0.1, 0.15) is 0 Å². The lowest BCUT2D eigenvalue weighted by atomic mass is 9.64. The van der Waals surface area contributed by atoms with Crippen LogP contribution in [0.3, 0.4) is 0 Å². The molecule has 0 saturated heterocycles. The van der Waals surface area contributed by atoms with Gasteiger partial charge < -0.3 is 5.11 Å². The molecule has 0 heterocycles. The lowest BCUT2D eigenvalue weighted by molar-refractivity contribution is 0.0143. The highest BCUT2D eigenvalue weighted by atomic mass is 16.3. The molecular formula is C18H28O. The number of aliphatic hydroxyl groups is 1. The van der Waals surface area contributed by atoms with Crippen LogP contribution in [0, 0.1) is 25.7 Å². The molecule has 3 atom stereocenters. The number of aryl methyl sites for hydroxylation is 2. The zero-order valence-corrected chi connectivity index (χ0v) is 13.0. The summed E-state index contributed by atoms with van der Waals surface area (Å²) in [6.07, 6.45) is 3.19. The Hall–Kier alpha value is -0.820. The predicted octanol–water partition coefficient (Wildman–Crippen LogP) is 4.38. The summed E-state index contributed by atoms with van der Waals surface area (Å²) in [7, 11) is 0. The fourth-order valence-electron chi connectivity index (χ4n) is 3.55. The van der Waals surface area contributed by atoms with Crippen LogP contribution in [-0.4, -0.2) is 11.2 Å². The van der Waals surface area contributed by atoms with Crippen LogP contribution in [0.15, 0.2) is 18.2 Å². The monoisotopic (exact) mass is 260 g/mol. The Kier molecular flexibility index (Phi) is 4.06. The van der Waals surface area contributed by atoms with Crippen molar-refractivity contribution in [1.82, 2.24) is 0 Å². The van der Waals surface area contributed by atoms with Crippen LogP contribution in [0.25, 0.3) is 0 Å². The van der Waals surface area contributed by atoms with Crippen molar-refractivity contribution in [1.29, 1.82) is 0 Å². The molecular weight excluding hydrogens is 232 g/mol. The Morgan fingerprint density at radius 1 is 1.11 bits per heavy atom. The first kappa shape index (κ1) is 14.6. The summed E-state index contributed by atoms with van der Waals surface area (Å²) in [6.45, 7) is 11.2. The summed E-state index contributed by atoms with van der Waals surface area (Å²) >= 11 is 0. The van der Waals surface area contributed by atoms with E-state index in [2.05, 4.69) is 52.8 Å². The summed E-state index contributed by atoms with van der Waals surface area (Å²) in [5, 5.41) is 10.5. The van der Waals surface area contributed by atoms with Gasteiger partial charge in [0.2, 0.25) is 0 Å². The van der Waals surface area contributed by atoms with Gasteiger partial charge in [-0.3, -0.25) is 0 Å². The standard InChI is InChI=1S/C18H28O/c1-12-6-9-16(17(19)10-12)18(4,5)15-8-7-13(2)14(3)11-15/h7-8,11-12,16-17,19H,6,9-10H2,1-5H3. The van der Waals surface area contributed by atoms with Crippen molar-refractivity contribution in [2.24, 2.45) is 11.8 Å². The highest BCUT2D eigenvalue weighted by Crippen LogP contribution is 2.42. The van der Waals surface area contributed by atoms with Gasteiger partial charge in [-0.1, -0.05) is 45.4 Å². The number of aliphatic hydroxyl groups excluding tert-OH is 1. The molecule has 106 valence electrons. The van der Waals surface area contributed by atoms with Crippen LogP contribution in [0.1, 0.15) is 56.7 Å². The van der Waals surface area contributed by atoms with E-state index in [9.17, 15) is 5.11 Å². The Bertz CT molecular complexity index is 447. The van der Waals surface area contributed by atoms with Crippen molar-refractivity contribution in [3.05, 3.63) is 34.9 Å². The van der Waals surface area contributed by atoms with Gasteiger partial charge in [0.05, 0.1) is 6.10 Å². The van der Waals surface area contributed by atoms with Crippen LogP contribution >= 0.6 is 0 Å². The molecule has 0 amide bonds. The molecule has 0 bridgehead atoms. The van der Waals surface area contributed by atoms with Gasteiger partial charge in [0, 0.05) is 0 Å². The van der Waals surface area contributed by atoms with Crippen LogP contribution < -0.4 is 0 Å². The smallest absolute Gasteiger partial charge is 0.0579 e. The van der Waals surface area contributed by atoms with Crippen LogP contribution in [0.4, 0.5) is 0 Å². The quantitative estimate of drug-likeness (QED) is 0.836. The van der Waals surface area contributed by atoms with E-state index in [-0.39, 0.29) is 11.5 Å². The highest BCUT2D eigenvalue weighted by molar-refractivity contribution is 5.34. The first-order valence-electron chi connectivity index (χ1n) is 7.58. The van der Waals surface area contributed by atoms with Crippen LogP contribution in [-0.2, 0) is 5.41 Å². The Morgan fingerprint density at radius 2 is 1.79 bits per heavy atom. The minimum absolute atomic E-state index is 0.0536. The fourth-order valence-corrected chi connectivity index (χ4v) is 3.55. The van der Waals surface area contributed by atoms with Crippen LogP contribution in [0.2, 0.25) is 0 Å². The average Bonchev–Trinajstić information content (AvgIpc) is 2.32. The average molecular weight is 260 g/mol. The third-order valence-corrected chi connectivity index (χ3v) is 5.26. The first-order valence-corrected chi connectivity index (χ1v) is 7.58. The maximum absolute atomic E-state index is 10.5. The second-order valence-corrected chi connectivity index (χ2v) is 7.11. The fraction of sp³-hybridized carbons (Fsp3) is 0.667. The van der Waals surface area contributed by atoms with Gasteiger partial charge in [-0.2, -0.15) is 0 Å². The molecule has 1 fully saturated rings. The van der Waals surface area contributed by atoms with Gasteiger partial charge in [0.25, 0.3) is 0 Å². The number of hydrogen-bond acceptors (Lipinski definition) is 1. The second kappa shape index (κ2) is 5.28. The van der Waals surface area contributed by atoms with Crippen molar-refractivity contribution < 1.29 is 5.11 Å². The predicted molar refractivity (Wildman–Crippen MR) is 81.5 cm³/mol. The van der Waals surface area contributed by atoms with Crippen molar-refractivity contribution in [3.8, 4) is 0 Å². The topological polar surface area (TPSA) is 20.2 Å². The minimum Gasteiger partial charge on any atom is -0.393 e. The van der Waals surface area contributed by atoms with E-state index in [1.807, 2.05) is 0 Å². The van der Waals surface area contributed by atoms with E-state index < -0.39 is 0 Å². The molecule has 1 aromatic carbocycles. The molecule has 0 radical (unpaired) electrons. The van der Waals surface area contributed by atoms with E-state index >= 15 is 0 Å². The van der Waals surface area contributed by atoms with Gasteiger partial charge in [-0.05, 0) is 60.6 Å². The molecule has 1 aliphatic rings. The third-order valence-electron chi connectivity index (χ3n) is 5.26. The number of rotatable bonds is 2. The zero-order valence-electron chi connectivity index (χ0n) is 13.0. The Balaban J connectivity index is 2.28. The highest BCUT2D eigenvalue weighted by Gasteiger charge is 2.39. The van der Waals surface area contributed by atoms with Crippen molar-refractivity contribution in [2.45, 2.75) is 65.4 Å². The second-order valence-electron chi connectivity index (χ2n) is 7.11. The summed E-state index contributed by atoms with van der Waals surface area (Å²) in [5.41, 5.74) is 4.12. The van der Waals surface area contributed by atoms with Crippen molar-refractivity contribution in [2.75, 3.05) is 0 Å². The maximum atomic E-state index is 10.5. The first-order chi connectivity index (χ1) is 8.82.